The van der Waals surface area contributed by atoms with E-state index in [4.69, 9.17) is 9.47 Å². The Bertz CT molecular complexity index is 1060. The van der Waals surface area contributed by atoms with E-state index in [0.29, 0.717) is 31.7 Å². The number of rotatable bonds is 6. The topological polar surface area (TPSA) is 88.2 Å². The van der Waals surface area contributed by atoms with Crippen molar-refractivity contribution < 1.29 is 23.9 Å². The van der Waals surface area contributed by atoms with Gasteiger partial charge in [0.2, 0.25) is 0 Å². The first-order valence-electron chi connectivity index (χ1n) is 12.7. The average Bonchev–Trinajstić information content (AvgIpc) is 2.84. The van der Waals surface area contributed by atoms with Crippen LogP contribution in [0, 0.1) is 5.41 Å². The summed E-state index contributed by atoms with van der Waals surface area (Å²) < 4.78 is 10.8. The van der Waals surface area contributed by atoms with Gasteiger partial charge in [0.05, 0.1) is 0 Å². The minimum atomic E-state index is -0.737. The molecule has 1 heterocycles. The van der Waals surface area contributed by atoms with Gasteiger partial charge in [-0.25, -0.2) is 9.59 Å². The van der Waals surface area contributed by atoms with E-state index < -0.39 is 23.2 Å². The number of hydrogen-bond acceptors (Lipinski definition) is 6. The molecule has 1 aliphatic heterocycles. The predicted octanol–water partition coefficient (Wildman–Crippen LogP) is 5.27. The first-order chi connectivity index (χ1) is 17.3. The molecule has 1 aliphatic rings. The molecule has 0 radical (unpaired) electrons. The highest BCUT2D eigenvalue weighted by molar-refractivity contribution is 6.02. The number of carbonyl (C=O) groups is 3. The van der Waals surface area contributed by atoms with Crippen LogP contribution in [0.5, 0.6) is 0 Å². The number of ether oxygens (including phenoxy) is 2. The molecule has 2 amide bonds. The highest BCUT2D eigenvalue weighted by Gasteiger charge is 2.34. The van der Waals surface area contributed by atoms with Crippen molar-refractivity contribution in [3.8, 4) is 0 Å². The highest BCUT2D eigenvalue weighted by Crippen LogP contribution is 2.25. The van der Waals surface area contributed by atoms with Crippen LogP contribution in [0.15, 0.2) is 54.6 Å². The smallest absolute Gasteiger partial charge is 0.410 e. The van der Waals surface area contributed by atoms with Crippen LogP contribution in [-0.2, 0) is 16.1 Å². The third-order valence-corrected chi connectivity index (χ3v) is 6.05. The first kappa shape index (κ1) is 28.0. The number of anilines is 1. The third kappa shape index (κ3) is 8.23. The summed E-state index contributed by atoms with van der Waals surface area (Å²) in [6, 6.07) is 16.3. The summed E-state index contributed by atoms with van der Waals surface area (Å²) in [5, 5.41) is 2.76. The van der Waals surface area contributed by atoms with Gasteiger partial charge in [-0.15, -0.1) is 0 Å². The third-order valence-electron chi connectivity index (χ3n) is 6.05. The number of nitrogens with zero attached hydrogens (tertiary/aromatic N) is 2. The SMILES string of the molecule is CC(C)(C)OC(=O)N[C@H](C(=O)c1ccc(N2CCN(C(=O)OCc3ccccc3)CC2)cc1)C(C)(C)C. The van der Waals surface area contributed by atoms with Crippen LogP contribution < -0.4 is 10.2 Å². The molecule has 0 aliphatic carbocycles. The lowest BCUT2D eigenvalue weighted by molar-refractivity contribution is 0.0446. The van der Waals surface area contributed by atoms with Crippen molar-refractivity contribution in [3.63, 3.8) is 0 Å². The maximum Gasteiger partial charge on any atom is 0.410 e. The summed E-state index contributed by atoms with van der Waals surface area (Å²) in [6.45, 7) is 13.8. The molecule has 8 nitrogen and oxygen atoms in total. The summed E-state index contributed by atoms with van der Waals surface area (Å²) in [5.74, 6) is -0.170. The second kappa shape index (κ2) is 11.7. The lowest BCUT2D eigenvalue weighted by Gasteiger charge is -2.35. The fourth-order valence-corrected chi connectivity index (χ4v) is 4.06. The van der Waals surface area contributed by atoms with Crippen LogP contribution in [0.1, 0.15) is 57.5 Å². The first-order valence-corrected chi connectivity index (χ1v) is 12.7. The second-order valence-corrected chi connectivity index (χ2v) is 11.4. The molecule has 8 heteroatoms. The molecule has 0 saturated carbocycles. The van der Waals surface area contributed by atoms with Crippen molar-refractivity contribution in [1.29, 1.82) is 0 Å². The lowest BCUT2D eigenvalue weighted by atomic mass is 9.82. The number of piperazine rings is 1. The van der Waals surface area contributed by atoms with E-state index in [0.717, 1.165) is 11.3 Å². The van der Waals surface area contributed by atoms with Gasteiger partial charge in [-0.3, -0.25) is 4.79 Å². The maximum atomic E-state index is 13.3. The van der Waals surface area contributed by atoms with Crippen molar-refractivity contribution >= 4 is 23.7 Å². The number of Topliss-reactive ketones (excluding diaryl/α,β-unsaturated/α-hetero) is 1. The van der Waals surface area contributed by atoms with Crippen molar-refractivity contribution in [2.45, 2.75) is 59.8 Å². The highest BCUT2D eigenvalue weighted by atomic mass is 16.6. The Hall–Kier alpha value is -3.55. The Labute approximate surface area is 219 Å². The zero-order valence-electron chi connectivity index (χ0n) is 22.7. The van der Waals surface area contributed by atoms with Gasteiger partial charge in [-0.1, -0.05) is 51.1 Å². The van der Waals surface area contributed by atoms with E-state index >= 15 is 0 Å². The molecule has 0 spiro atoms. The minimum absolute atomic E-state index is 0.170. The fourth-order valence-electron chi connectivity index (χ4n) is 4.06. The van der Waals surface area contributed by atoms with Crippen molar-refractivity contribution in [2.24, 2.45) is 5.41 Å². The Morgan fingerprint density at radius 1 is 0.865 bits per heavy atom. The summed E-state index contributed by atoms with van der Waals surface area (Å²) in [5.41, 5.74) is 1.29. The van der Waals surface area contributed by atoms with Crippen LogP contribution in [0.2, 0.25) is 0 Å². The molecule has 200 valence electrons. The van der Waals surface area contributed by atoms with Gasteiger partial charge in [0.1, 0.15) is 18.2 Å². The Balaban J connectivity index is 1.56. The van der Waals surface area contributed by atoms with Gasteiger partial charge in [0.15, 0.2) is 5.78 Å². The quantitative estimate of drug-likeness (QED) is 0.534. The Morgan fingerprint density at radius 2 is 1.46 bits per heavy atom. The van der Waals surface area contributed by atoms with Crippen LogP contribution in [0.3, 0.4) is 0 Å². The van der Waals surface area contributed by atoms with Gasteiger partial charge in [-0.2, -0.15) is 0 Å². The largest absolute Gasteiger partial charge is 0.445 e. The van der Waals surface area contributed by atoms with Crippen molar-refractivity contribution in [1.82, 2.24) is 10.2 Å². The number of alkyl carbamates (subject to hydrolysis) is 1. The minimum Gasteiger partial charge on any atom is -0.445 e. The second-order valence-electron chi connectivity index (χ2n) is 11.4. The van der Waals surface area contributed by atoms with Gasteiger partial charge in [0, 0.05) is 37.4 Å². The van der Waals surface area contributed by atoms with E-state index in [-0.39, 0.29) is 18.5 Å². The van der Waals surface area contributed by atoms with E-state index in [1.807, 2.05) is 63.2 Å². The molecule has 37 heavy (non-hydrogen) atoms. The molecule has 2 aromatic carbocycles. The van der Waals surface area contributed by atoms with Crippen LogP contribution >= 0.6 is 0 Å². The lowest BCUT2D eigenvalue weighted by Crippen LogP contribution is -2.50. The van der Waals surface area contributed by atoms with Gasteiger partial charge >= 0.3 is 12.2 Å². The van der Waals surface area contributed by atoms with E-state index in [2.05, 4.69) is 10.2 Å². The maximum absolute atomic E-state index is 13.3. The van der Waals surface area contributed by atoms with Crippen LogP contribution in [0.25, 0.3) is 0 Å². The molecule has 1 saturated heterocycles. The molecule has 2 aromatic rings. The molecule has 0 bridgehead atoms. The number of ketones is 1. The number of nitrogens with one attached hydrogen (secondary N) is 1. The van der Waals surface area contributed by atoms with Crippen molar-refractivity contribution in [3.05, 3.63) is 65.7 Å². The van der Waals surface area contributed by atoms with E-state index in [9.17, 15) is 14.4 Å². The number of amides is 2. The summed E-state index contributed by atoms with van der Waals surface area (Å²) >= 11 is 0. The normalized spacial score (nSPS) is 15.1. The molecule has 1 atom stereocenters. The molecule has 0 unspecified atom stereocenters. The molecule has 3 rings (SSSR count). The Morgan fingerprint density at radius 3 is 2.00 bits per heavy atom. The molecule has 0 aromatic heterocycles. The van der Waals surface area contributed by atoms with Gasteiger partial charge in [-0.05, 0) is 56.0 Å². The number of carbonyl (C=O) groups excluding carboxylic acids is 3. The average molecular weight is 510 g/mol. The predicted molar refractivity (Wildman–Crippen MR) is 144 cm³/mol. The van der Waals surface area contributed by atoms with Gasteiger partial charge in [0.25, 0.3) is 0 Å². The van der Waals surface area contributed by atoms with Crippen molar-refractivity contribution in [2.75, 3.05) is 31.1 Å². The molecular formula is C29H39N3O5. The zero-order valence-corrected chi connectivity index (χ0v) is 22.7. The van der Waals surface area contributed by atoms with Crippen LogP contribution in [0.4, 0.5) is 15.3 Å². The molecule has 1 fully saturated rings. The molecular weight excluding hydrogens is 470 g/mol. The number of hydrogen-bond donors (Lipinski definition) is 1. The zero-order chi connectivity index (χ0) is 27.2. The van der Waals surface area contributed by atoms with E-state index in [1.165, 1.54) is 0 Å². The fraction of sp³-hybridized carbons (Fsp3) is 0.483. The monoisotopic (exact) mass is 509 g/mol. The standard InChI is InChI=1S/C29H39N3O5/c1-28(2,3)25(30-26(34)37-29(4,5)6)24(33)22-12-14-23(15-13-22)31-16-18-32(19-17-31)27(35)36-20-21-10-8-7-9-11-21/h7-15,25H,16-20H2,1-6H3,(H,30,34)/t25-/m1/s1. The molecule has 1 N–H and O–H groups in total. The summed E-state index contributed by atoms with van der Waals surface area (Å²) in [6.07, 6.45) is -0.923. The van der Waals surface area contributed by atoms with Crippen LogP contribution in [-0.4, -0.2) is 60.7 Å². The Kier molecular flexibility index (Phi) is 8.84. The number of benzene rings is 2. The summed E-state index contributed by atoms with van der Waals surface area (Å²) in [7, 11) is 0. The van der Waals surface area contributed by atoms with Gasteiger partial charge < -0.3 is 24.6 Å². The summed E-state index contributed by atoms with van der Waals surface area (Å²) in [4.78, 5) is 42.0. The van der Waals surface area contributed by atoms with E-state index in [1.54, 1.807) is 37.8 Å².